The van der Waals surface area contributed by atoms with Gasteiger partial charge in [0, 0.05) is 6.04 Å². The van der Waals surface area contributed by atoms with E-state index in [2.05, 4.69) is 12.2 Å². The first-order valence-electron chi connectivity index (χ1n) is 9.56. The summed E-state index contributed by atoms with van der Waals surface area (Å²) < 4.78 is 10.8. The summed E-state index contributed by atoms with van der Waals surface area (Å²) in [5.41, 5.74) is 0.795. The zero-order valence-electron chi connectivity index (χ0n) is 15.5. The summed E-state index contributed by atoms with van der Waals surface area (Å²) in [6, 6.07) is 5.65. The molecule has 5 rings (SSSR count). The number of ether oxygens (including phenoxy) is 2. The number of benzene rings is 1. The van der Waals surface area contributed by atoms with Crippen molar-refractivity contribution in [2.75, 3.05) is 14.2 Å². The SMILES string of the molecule is COc1cccc(OC)c1C(=O)N[C@@H](C)C12CC3CC(CC(C3)C1)C2. The zero-order chi connectivity index (χ0) is 17.6. The summed E-state index contributed by atoms with van der Waals surface area (Å²) in [5, 5.41) is 3.30. The van der Waals surface area contributed by atoms with Crippen LogP contribution in [0, 0.1) is 23.2 Å². The first-order chi connectivity index (χ1) is 12.0. The molecule has 0 aromatic heterocycles. The van der Waals surface area contributed by atoms with Crippen LogP contribution in [0.1, 0.15) is 55.8 Å². The lowest BCUT2D eigenvalue weighted by Gasteiger charge is -2.59. The van der Waals surface area contributed by atoms with Gasteiger partial charge in [0.1, 0.15) is 17.1 Å². The topological polar surface area (TPSA) is 47.6 Å². The standard InChI is InChI=1S/C21H29NO3/c1-13(21-10-14-7-15(11-21)9-16(8-14)12-21)22-20(23)19-17(24-2)5-4-6-18(19)25-3/h4-6,13-16H,7-12H2,1-3H3,(H,22,23)/t13-,14?,15?,16?,21?/m0/s1. The molecule has 1 aromatic carbocycles. The average Bonchev–Trinajstić information content (AvgIpc) is 2.59. The van der Waals surface area contributed by atoms with Gasteiger partial charge in [-0.3, -0.25) is 4.79 Å². The van der Waals surface area contributed by atoms with E-state index in [1.54, 1.807) is 14.2 Å². The van der Waals surface area contributed by atoms with Gasteiger partial charge in [-0.15, -0.1) is 0 Å². The molecule has 0 saturated heterocycles. The first kappa shape index (κ1) is 16.7. The zero-order valence-corrected chi connectivity index (χ0v) is 15.5. The normalized spacial score (nSPS) is 33.8. The van der Waals surface area contributed by atoms with Crippen molar-refractivity contribution < 1.29 is 14.3 Å². The van der Waals surface area contributed by atoms with Gasteiger partial charge in [0.15, 0.2) is 0 Å². The fourth-order valence-electron chi connectivity index (χ4n) is 6.20. The number of hydrogen-bond acceptors (Lipinski definition) is 3. The third-order valence-corrected chi connectivity index (χ3v) is 7.01. The van der Waals surface area contributed by atoms with Crippen LogP contribution < -0.4 is 14.8 Å². The molecule has 4 aliphatic carbocycles. The van der Waals surface area contributed by atoms with Crippen LogP contribution in [0.2, 0.25) is 0 Å². The molecule has 136 valence electrons. The number of amides is 1. The predicted octanol–water partition coefficient (Wildman–Crippen LogP) is 4.04. The van der Waals surface area contributed by atoms with Gasteiger partial charge in [-0.2, -0.15) is 0 Å². The minimum absolute atomic E-state index is 0.0856. The second-order valence-electron chi connectivity index (χ2n) is 8.51. The molecule has 4 heteroatoms. The lowest BCUT2D eigenvalue weighted by atomic mass is 9.48. The number of nitrogens with one attached hydrogen (secondary N) is 1. The summed E-state index contributed by atoms with van der Waals surface area (Å²) in [6.45, 7) is 2.20. The highest BCUT2D eigenvalue weighted by Crippen LogP contribution is 2.61. The number of rotatable bonds is 5. The Morgan fingerprint density at radius 2 is 1.52 bits per heavy atom. The third-order valence-electron chi connectivity index (χ3n) is 7.01. The summed E-state index contributed by atoms with van der Waals surface area (Å²) >= 11 is 0. The van der Waals surface area contributed by atoms with Crippen molar-refractivity contribution in [3.8, 4) is 11.5 Å². The van der Waals surface area contributed by atoms with Gasteiger partial charge < -0.3 is 14.8 Å². The second kappa shape index (κ2) is 6.22. The van der Waals surface area contributed by atoms with Crippen molar-refractivity contribution in [2.45, 2.75) is 51.5 Å². The molecule has 4 aliphatic rings. The Kier molecular flexibility index (Phi) is 4.17. The molecule has 0 spiro atoms. The molecule has 1 N–H and O–H groups in total. The molecule has 4 fully saturated rings. The maximum absolute atomic E-state index is 13.0. The number of hydrogen-bond donors (Lipinski definition) is 1. The average molecular weight is 343 g/mol. The Morgan fingerprint density at radius 1 is 1.04 bits per heavy atom. The van der Waals surface area contributed by atoms with Crippen LogP contribution in [0.25, 0.3) is 0 Å². The minimum atomic E-state index is -0.0856. The van der Waals surface area contributed by atoms with Crippen molar-refractivity contribution in [3.63, 3.8) is 0 Å². The van der Waals surface area contributed by atoms with E-state index in [0.717, 1.165) is 17.8 Å². The van der Waals surface area contributed by atoms with Crippen LogP contribution in [0.15, 0.2) is 18.2 Å². The minimum Gasteiger partial charge on any atom is -0.496 e. The molecular formula is C21H29NO3. The van der Waals surface area contributed by atoms with E-state index in [0.29, 0.717) is 22.5 Å². The Morgan fingerprint density at radius 3 is 1.96 bits per heavy atom. The molecule has 4 saturated carbocycles. The quantitative estimate of drug-likeness (QED) is 0.878. The summed E-state index contributed by atoms with van der Waals surface area (Å²) in [5.74, 6) is 3.69. The monoisotopic (exact) mass is 343 g/mol. The van der Waals surface area contributed by atoms with Gasteiger partial charge in [0.25, 0.3) is 5.91 Å². The van der Waals surface area contributed by atoms with Crippen LogP contribution in [0.4, 0.5) is 0 Å². The van der Waals surface area contributed by atoms with E-state index in [1.165, 1.54) is 38.5 Å². The van der Waals surface area contributed by atoms with Gasteiger partial charge >= 0.3 is 0 Å². The lowest BCUT2D eigenvalue weighted by Crippen LogP contribution is -2.55. The van der Waals surface area contributed by atoms with Crippen molar-refractivity contribution in [1.29, 1.82) is 0 Å². The fraction of sp³-hybridized carbons (Fsp3) is 0.667. The summed E-state index contributed by atoms with van der Waals surface area (Å²) in [7, 11) is 3.18. The van der Waals surface area contributed by atoms with Crippen LogP contribution in [0.5, 0.6) is 11.5 Å². The first-order valence-corrected chi connectivity index (χ1v) is 9.56. The number of carbonyl (C=O) groups is 1. The Labute approximate surface area is 150 Å². The lowest BCUT2D eigenvalue weighted by molar-refractivity contribution is -0.0688. The largest absolute Gasteiger partial charge is 0.496 e. The Balaban J connectivity index is 1.55. The molecule has 0 heterocycles. The Bertz CT molecular complexity index is 612. The van der Waals surface area contributed by atoms with Gasteiger partial charge in [0.05, 0.1) is 14.2 Å². The molecule has 1 amide bonds. The van der Waals surface area contributed by atoms with E-state index in [1.807, 2.05) is 18.2 Å². The van der Waals surface area contributed by atoms with Gasteiger partial charge in [0.2, 0.25) is 0 Å². The van der Waals surface area contributed by atoms with Gasteiger partial charge in [-0.25, -0.2) is 0 Å². The molecule has 0 radical (unpaired) electrons. The van der Waals surface area contributed by atoms with E-state index < -0.39 is 0 Å². The van der Waals surface area contributed by atoms with E-state index in [4.69, 9.17) is 9.47 Å². The van der Waals surface area contributed by atoms with Gasteiger partial charge in [-0.05, 0) is 80.8 Å². The summed E-state index contributed by atoms with van der Waals surface area (Å²) in [4.78, 5) is 13.0. The second-order valence-corrected chi connectivity index (χ2v) is 8.51. The molecule has 0 aliphatic heterocycles. The van der Waals surface area contributed by atoms with E-state index >= 15 is 0 Å². The maximum atomic E-state index is 13.0. The van der Waals surface area contributed by atoms with Crippen LogP contribution in [-0.2, 0) is 0 Å². The highest BCUT2D eigenvalue weighted by molar-refractivity contribution is 5.99. The number of carbonyl (C=O) groups excluding carboxylic acids is 1. The van der Waals surface area contributed by atoms with Crippen molar-refractivity contribution in [2.24, 2.45) is 23.2 Å². The molecule has 4 nitrogen and oxygen atoms in total. The van der Waals surface area contributed by atoms with Gasteiger partial charge in [-0.1, -0.05) is 6.07 Å². The smallest absolute Gasteiger partial charge is 0.259 e. The highest BCUT2D eigenvalue weighted by Gasteiger charge is 2.53. The molecule has 0 unspecified atom stereocenters. The molecule has 25 heavy (non-hydrogen) atoms. The number of methoxy groups -OCH3 is 2. The predicted molar refractivity (Wildman–Crippen MR) is 97.1 cm³/mol. The molecule has 1 atom stereocenters. The van der Waals surface area contributed by atoms with Crippen molar-refractivity contribution in [3.05, 3.63) is 23.8 Å². The highest BCUT2D eigenvalue weighted by atomic mass is 16.5. The van der Waals surface area contributed by atoms with E-state index in [-0.39, 0.29) is 11.9 Å². The molecule has 1 aromatic rings. The van der Waals surface area contributed by atoms with Crippen LogP contribution in [-0.4, -0.2) is 26.2 Å². The van der Waals surface area contributed by atoms with Crippen molar-refractivity contribution in [1.82, 2.24) is 5.32 Å². The molecule has 4 bridgehead atoms. The molecular weight excluding hydrogens is 314 g/mol. The van der Waals surface area contributed by atoms with Crippen molar-refractivity contribution >= 4 is 5.91 Å². The summed E-state index contributed by atoms with van der Waals surface area (Å²) in [6.07, 6.45) is 8.09. The Hall–Kier alpha value is -1.71. The van der Waals surface area contributed by atoms with Crippen LogP contribution in [0.3, 0.4) is 0 Å². The third kappa shape index (κ3) is 2.80. The fourth-order valence-corrected chi connectivity index (χ4v) is 6.20. The maximum Gasteiger partial charge on any atom is 0.259 e. The van der Waals surface area contributed by atoms with E-state index in [9.17, 15) is 4.79 Å². The van der Waals surface area contributed by atoms with Crippen LogP contribution >= 0.6 is 0 Å².